The van der Waals surface area contributed by atoms with E-state index in [4.69, 9.17) is 0 Å². The van der Waals surface area contributed by atoms with Gasteiger partial charge in [0.05, 0.1) is 23.7 Å². The van der Waals surface area contributed by atoms with E-state index in [-0.39, 0.29) is 11.2 Å². The number of hydrogen-bond donors (Lipinski definition) is 3. The molecule has 0 radical (unpaired) electrons. The summed E-state index contributed by atoms with van der Waals surface area (Å²) in [6.45, 7) is 6.64. The van der Waals surface area contributed by atoms with Crippen molar-refractivity contribution in [3.8, 4) is 0 Å². The summed E-state index contributed by atoms with van der Waals surface area (Å²) in [6, 6.07) is 0. The van der Waals surface area contributed by atoms with E-state index in [9.17, 15) is 20.1 Å². The van der Waals surface area contributed by atoms with Crippen molar-refractivity contribution in [1.29, 1.82) is 0 Å². The molecule has 0 aliphatic heterocycles. The van der Waals surface area contributed by atoms with Crippen LogP contribution in [0, 0.1) is 28.6 Å². The molecule has 4 heteroatoms. The van der Waals surface area contributed by atoms with Gasteiger partial charge in [-0.1, -0.05) is 56.2 Å². The lowest BCUT2D eigenvalue weighted by atomic mass is 9.61. The summed E-state index contributed by atoms with van der Waals surface area (Å²) < 4.78 is 0. The van der Waals surface area contributed by atoms with Crippen LogP contribution in [0.15, 0.2) is 35.5 Å². The van der Waals surface area contributed by atoms with Crippen LogP contribution in [0.5, 0.6) is 0 Å². The summed E-state index contributed by atoms with van der Waals surface area (Å²) in [6.07, 6.45) is 17.1. The first-order valence-corrected chi connectivity index (χ1v) is 13.3. The number of Topliss-reactive ketones (excluding diaryl/α,β-unsaturated/α-hetero) is 1. The van der Waals surface area contributed by atoms with E-state index in [1.54, 1.807) is 0 Å². The largest absolute Gasteiger partial charge is 0.393 e. The van der Waals surface area contributed by atoms with E-state index >= 15 is 0 Å². The highest BCUT2D eigenvalue weighted by Gasteiger charge is 2.53. The van der Waals surface area contributed by atoms with Gasteiger partial charge >= 0.3 is 0 Å². The minimum absolute atomic E-state index is 0.203. The Labute approximate surface area is 199 Å². The van der Waals surface area contributed by atoms with Gasteiger partial charge in [-0.25, -0.2) is 0 Å². The highest BCUT2D eigenvalue weighted by atomic mass is 16.3. The molecule has 4 fully saturated rings. The Kier molecular flexibility index (Phi) is 7.38. The van der Waals surface area contributed by atoms with Gasteiger partial charge in [-0.3, -0.25) is 4.79 Å². The van der Waals surface area contributed by atoms with Crippen LogP contribution in [-0.2, 0) is 4.79 Å². The highest BCUT2D eigenvalue weighted by Crippen LogP contribution is 2.59. The van der Waals surface area contributed by atoms with Crippen molar-refractivity contribution in [3.63, 3.8) is 0 Å². The molecule has 7 atom stereocenters. The zero-order valence-corrected chi connectivity index (χ0v) is 20.8. The normalized spacial score (nSPS) is 38.8. The highest BCUT2D eigenvalue weighted by molar-refractivity contribution is 5.88. The van der Waals surface area contributed by atoms with Crippen molar-refractivity contribution in [3.05, 3.63) is 35.5 Å². The third kappa shape index (κ3) is 4.94. The molecule has 0 saturated heterocycles. The molecule has 4 nitrogen and oxygen atoms in total. The Morgan fingerprint density at radius 3 is 2.42 bits per heavy atom. The summed E-state index contributed by atoms with van der Waals surface area (Å²) in [7, 11) is 0. The maximum atomic E-state index is 12.3. The lowest BCUT2D eigenvalue weighted by Crippen LogP contribution is -2.35. The number of rotatable bonds is 7. The second-order valence-corrected chi connectivity index (χ2v) is 11.7. The van der Waals surface area contributed by atoms with Gasteiger partial charge in [0, 0.05) is 6.42 Å². The molecule has 0 amide bonds. The number of carbonyl (C=O) groups excluding carboxylic acids is 1. The van der Waals surface area contributed by atoms with E-state index < -0.39 is 23.7 Å². The molecular weight excluding hydrogens is 412 g/mol. The minimum Gasteiger partial charge on any atom is -0.393 e. The summed E-state index contributed by atoms with van der Waals surface area (Å²) >= 11 is 0. The summed E-state index contributed by atoms with van der Waals surface area (Å²) in [5.41, 5.74) is 2.47. The lowest BCUT2D eigenvalue weighted by molar-refractivity contribution is -0.126. The molecule has 0 unspecified atom stereocenters. The number of carbonyl (C=O) groups is 1. The predicted molar refractivity (Wildman–Crippen MR) is 131 cm³/mol. The number of allylic oxidation sites excluding steroid dienone is 4. The second-order valence-electron chi connectivity index (χ2n) is 11.7. The van der Waals surface area contributed by atoms with Crippen molar-refractivity contribution >= 4 is 5.78 Å². The van der Waals surface area contributed by atoms with Crippen LogP contribution in [0.1, 0.15) is 91.4 Å². The monoisotopic (exact) mass is 456 g/mol. The van der Waals surface area contributed by atoms with E-state index in [1.165, 1.54) is 31.3 Å². The molecule has 184 valence electrons. The molecule has 0 bridgehead atoms. The third-order valence-corrected chi connectivity index (χ3v) is 9.57. The third-order valence-electron chi connectivity index (χ3n) is 9.57. The summed E-state index contributed by atoms with van der Waals surface area (Å²) in [5.74, 6) is 1.75. The molecule has 33 heavy (non-hydrogen) atoms. The topological polar surface area (TPSA) is 77.8 Å². The first-order chi connectivity index (χ1) is 15.7. The maximum Gasteiger partial charge on any atom is 0.141 e. The maximum absolute atomic E-state index is 12.3. The standard InChI is InChI=1S/C29H44O4/c1-4-26(32)29(14-15-29)27(33)12-7-19(2)24-10-11-25-21(6-5-13-28(24,25)3)9-8-20-16-22(30)18-23(31)17-20/h7-9,12,19,22-25,27,30-31,33H,4-6,10-11,13-18H2,1-3H3/t19-,22-,23-,24-,25+,27-,28-/m1/s1. The van der Waals surface area contributed by atoms with Crippen LogP contribution in [0.4, 0.5) is 0 Å². The molecular formula is C29H44O4. The van der Waals surface area contributed by atoms with Crippen molar-refractivity contribution in [1.82, 2.24) is 0 Å². The molecule has 0 spiro atoms. The fraction of sp³-hybridized carbons (Fsp3) is 0.759. The number of hydrogen-bond acceptors (Lipinski definition) is 4. The van der Waals surface area contributed by atoms with Crippen LogP contribution >= 0.6 is 0 Å². The average Bonchev–Trinajstić information content (AvgIpc) is 3.51. The zero-order valence-electron chi connectivity index (χ0n) is 20.8. The fourth-order valence-corrected chi connectivity index (χ4v) is 7.50. The number of aliphatic hydroxyl groups is 3. The van der Waals surface area contributed by atoms with E-state index in [0.29, 0.717) is 43.4 Å². The van der Waals surface area contributed by atoms with Gasteiger partial charge in [0.1, 0.15) is 5.78 Å². The molecule has 4 aliphatic carbocycles. The van der Waals surface area contributed by atoms with E-state index in [2.05, 4.69) is 32.1 Å². The van der Waals surface area contributed by atoms with Gasteiger partial charge in [-0.2, -0.15) is 0 Å². The average molecular weight is 457 g/mol. The zero-order chi connectivity index (χ0) is 23.8. The smallest absolute Gasteiger partial charge is 0.141 e. The molecule has 4 rings (SSSR count). The summed E-state index contributed by atoms with van der Waals surface area (Å²) in [4.78, 5) is 12.3. The Morgan fingerprint density at radius 1 is 1.09 bits per heavy atom. The molecule has 3 N–H and O–H groups in total. The molecule has 4 saturated carbocycles. The van der Waals surface area contributed by atoms with Crippen molar-refractivity contribution in [2.75, 3.05) is 0 Å². The van der Waals surface area contributed by atoms with Crippen LogP contribution < -0.4 is 0 Å². The van der Waals surface area contributed by atoms with Gasteiger partial charge < -0.3 is 15.3 Å². The molecule has 0 aromatic carbocycles. The Balaban J connectivity index is 1.44. The molecule has 0 aromatic heterocycles. The molecule has 0 aromatic rings. The van der Waals surface area contributed by atoms with Gasteiger partial charge in [0.25, 0.3) is 0 Å². The number of aliphatic hydroxyl groups excluding tert-OH is 3. The van der Waals surface area contributed by atoms with Crippen molar-refractivity contribution in [2.45, 2.75) is 110 Å². The quantitative estimate of drug-likeness (QED) is 0.456. The number of fused-ring (bicyclic) bond motifs is 1. The second kappa shape index (κ2) is 9.79. The van der Waals surface area contributed by atoms with Gasteiger partial charge in [-0.15, -0.1) is 0 Å². The molecule has 0 heterocycles. The first kappa shape index (κ1) is 24.9. The van der Waals surface area contributed by atoms with Crippen LogP contribution in [0.2, 0.25) is 0 Å². The Bertz CT molecular complexity index is 807. The molecule has 4 aliphatic rings. The van der Waals surface area contributed by atoms with Crippen LogP contribution in [0.25, 0.3) is 0 Å². The van der Waals surface area contributed by atoms with Crippen molar-refractivity contribution in [2.24, 2.45) is 28.6 Å². The fourth-order valence-electron chi connectivity index (χ4n) is 7.50. The van der Waals surface area contributed by atoms with E-state index in [1.807, 2.05) is 13.0 Å². The number of ketones is 1. The lowest BCUT2D eigenvalue weighted by Gasteiger charge is -2.44. The van der Waals surface area contributed by atoms with Gasteiger partial charge in [0.15, 0.2) is 0 Å². The van der Waals surface area contributed by atoms with Crippen LogP contribution in [-0.4, -0.2) is 39.4 Å². The first-order valence-electron chi connectivity index (χ1n) is 13.3. The Hall–Kier alpha value is -1.23. The van der Waals surface area contributed by atoms with Gasteiger partial charge in [0.2, 0.25) is 0 Å². The SMILES string of the molecule is CCC(=O)C1([C@H](O)C=C[C@@H](C)[C@H]2CC[C@H]3C(=CC=C4C[C@@H](O)C[C@H](O)C4)CCC[C@]23C)CC1. The van der Waals surface area contributed by atoms with Crippen LogP contribution in [0.3, 0.4) is 0 Å². The Morgan fingerprint density at radius 2 is 1.79 bits per heavy atom. The van der Waals surface area contributed by atoms with Gasteiger partial charge in [-0.05, 0) is 87.4 Å². The van der Waals surface area contributed by atoms with E-state index in [0.717, 1.165) is 24.8 Å². The van der Waals surface area contributed by atoms with Crippen molar-refractivity contribution < 1.29 is 20.1 Å². The summed E-state index contributed by atoms with van der Waals surface area (Å²) in [5, 5.41) is 30.7. The predicted octanol–water partition coefficient (Wildman–Crippen LogP) is 5.27. The minimum atomic E-state index is -0.646.